The highest BCUT2D eigenvalue weighted by molar-refractivity contribution is 5.13. The maximum Gasteiger partial charge on any atom is 0.153 e. The van der Waals surface area contributed by atoms with E-state index in [9.17, 15) is 0 Å². The average Bonchev–Trinajstić information content (AvgIpc) is 2.78. The second kappa shape index (κ2) is 4.77. The summed E-state index contributed by atoms with van der Waals surface area (Å²) in [6.45, 7) is 3.67. The molecule has 4 heteroatoms. The van der Waals surface area contributed by atoms with E-state index in [2.05, 4.69) is 5.16 Å². The molecule has 0 radical (unpaired) electrons. The van der Waals surface area contributed by atoms with E-state index in [1.54, 1.807) is 0 Å². The van der Waals surface area contributed by atoms with Gasteiger partial charge in [0.15, 0.2) is 5.76 Å². The van der Waals surface area contributed by atoms with Crippen LogP contribution >= 0.6 is 0 Å². The van der Waals surface area contributed by atoms with Crippen LogP contribution in [-0.2, 0) is 4.74 Å². The molecule has 0 amide bonds. The predicted octanol–water partition coefficient (Wildman–Crippen LogP) is 1.98. The summed E-state index contributed by atoms with van der Waals surface area (Å²) in [5.74, 6) is 1.18. The van der Waals surface area contributed by atoms with Crippen LogP contribution in [0.5, 0.6) is 0 Å². The van der Waals surface area contributed by atoms with Crippen molar-refractivity contribution >= 4 is 0 Å². The van der Waals surface area contributed by atoms with Crippen molar-refractivity contribution in [2.75, 3.05) is 13.2 Å². The number of rotatable bonds is 3. The zero-order valence-corrected chi connectivity index (χ0v) is 9.11. The number of aromatic nitrogens is 1. The summed E-state index contributed by atoms with van der Waals surface area (Å²) in [6.07, 6.45) is 3.11. The van der Waals surface area contributed by atoms with Crippen molar-refractivity contribution < 1.29 is 9.26 Å². The molecule has 4 nitrogen and oxygen atoms in total. The standard InChI is InChI=1S/C11H18N2O2/c1-2-9(12)11-6-10(13-15-11)8-4-3-5-14-7-8/h6,8-9H,2-5,7,12H2,1H3. The van der Waals surface area contributed by atoms with Crippen molar-refractivity contribution in [3.05, 3.63) is 17.5 Å². The largest absolute Gasteiger partial charge is 0.381 e. The van der Waals surface area contributed by atoms with Crippen LogP contribution in [0.3, 0.4) is 0 Å². The van der Waals surface area contributed by atoms with E-state index in [4.69, 9.17) is 15.0 Å². The average molecular weight is 210 g/mol. The SMILES string of the molecule is CCC(N)c1cc(C2CCCOC2)no1. The summed E-state index contributed by atoms with van der Waals surface area (Å²) in [7, 11) is 0. The van der Waals surface area contributed by atoms with Crippen LogP contribution in [0.1, 0.15) is 49.6 Å². The summed E-state index contributed by atoms with van der Waals surface area (Å²) >= 11 is 0. The van der Waals surface area contributed by atoms with Gasteiger partial charge in [-0.15, -0.1) is 0 Å². The molecule has 2 atom stereocenters. The van der Waals surface area contributed by atoms with Gasteiger partial charge in [-0.2, -0.15) is 0 Å². The summed E-state index contributed by atoms with van der Waals surface area (Å²) in [4.78, 5) is 0. The fraction of sp³-hybridized carbons (Fsp3) is 0.727. The van der Waals surface area contributed by atoms with Crippen LogP contribution in [0.25, 0.3) is 0 Å². The summed E-state index contributed by atoms with van der Waals surface area (Å²) in [5.41, 5.74) is 6.87. The summed E-state index contributed by atoms with van der Waals surface area (Å²) in [6, 6.07) is 1.95. The van der Waals surface area contributed by atoms with Gasteiger partial charge in [-0.05, 0) is 19.3 Å². The topological polar surface area (TPSA) is 61.3 Å². The number of hydrogen-bond acceptors (Lipinski definition) is 4. The van der Waals surface area contributed by atoms with Crippen LogP contribution in [0.4, 0.5) is 0 Å². The second-order valence-electron chi connectivity index (χ2n) is 4.08. The van der Waals surface area contributed by atoms with Gasteiger partial charge >= 0.3 is 0 Å². The Balaban J connectivity index is 2.05. The van der Waals surface area contributed by atoms with Crippen LogP contribution in [0.15, 0.2) is 10.6 Å². The molecule has 1 aliphatic rings. The molecule has 1 saturated heterocycles. The van der Waals surface area contributed by atoms with Crippen LogP contribution in [-0.4, -0.2) is 18.4 Å². The molecule has 0 aromatic carbocycles. The van der Waals surface area contributed by atoms with Gasteiger partial charge in [-0.25, -0.2) is 0 Å². The van der Waals surface area contributed by atoms with Gasteiger partial charge in [0.25, 0.3) is 0 Å². The molecule has 1 aromatic heterocycles. The van der Waals surface area contributed by atoms with E-state index in [0.29, 0.717) is 5.92 Å². The smallest absolute Gasteiger partial charge is 0.153 e. The van der Waals surface area contributed by atoms with Crippen molar-refractivity contribution in [2.45, 2.75) is 38.1 Å². The summed E-state index contributed by atoms with van der Waals surface area (Å²) < 4.78 is 10.7. The number of hydrogen-bond donors (Lipinski definition) is 1. The first-order chi connectivity index (χ1) is 7.31. The van der Waals surface area contributed by atoms with Gasteiger partial charge in [-0.3, -0.25) is 0 Å². The molecule has 2 heterocycles. The molecule has 1 aliphatic heterocycles. The normalized spacial score (nSPS) is 24.0. The molecule has 1 aromatic rings. The Morgan fingerprint density at radius 3 is 3.20 bits per heavy atom. The molecular formula is C11H18N2O2. The van der Waals surface area contributed by atoms with Gasteiger partial charge < -0.3 is 15.0 Å². The van der Waals surface area contributed by atoms with E-state index < -0.39 is 0 Å². The quantitative estimate of drug-likeness (QED) is 0.828. The fourth-order valence-electron chi connectivity index (χ4n) is 1.85. The van der Waals surface area contributed by atoms with Crippen LogP contribution < -0.4 is 5.73 Å². The Morgan fingerprint density at radius 1 is 1.67 bits per heavy atom. The van der Waals surface area contributed by atoms with Crippen molar-refractivity contribution in [3.63, 3.8) is 0 Å². The Morgan fingerprint density at radius 2 is 2.53 bits per heavy atom. The molecule has 0 saturated carbocycles. The number of nitrogens with zero attached hydrogens (tertiary/aromatic N) is 1. The molecule has 0 spiro atoms. The van der Waals surface area contributed by atoms with E-state index in [1.807, 2.05) is 13.0 Å². The molecule has 2 rings (SSSR count). The lowest BCUT2D eigenvalue weighted by Crippen LogP contribution is -2.15. The van der Waals surface area contributed by atoms with Gasteiger partial charge in [0.2, 0.25) is 0 Å². The maximum absolute atomic E-state index is 5.87. The minimum absolute atomic E-state index is 0.0317. The molecule has 2 unspecified atom stereocenters. The molecular weight excluding hydrogens is 192 g/mol. The molecule has 0 aliphatic carbocycles. The van der Waals surface area contributed by atoms with Crippen molar-refractivity contribution in [2.24, 2.45) is 5.73 Å². The van der Waals surface area contributed by atoms with Gasteiger partial charge in [0.05, 0.1) is 18.3 Å². The highest BCUT2D eigenvalue weighted by Crippen LogP contribution is 2.26. The van der Waals surface area contributed by atoms with E-state index in [-0.39, 0.29) is 6.04 Å². The molecule has 2 N–H and O–H groups in total. The van der Waals surface area contributed by atoms with Gasteiger partial charge in [0.1, 0.15) is 0 Å². The van der Waals surface area contributed by atoms with E-state index in [1.165, 1.54) is 0 Å². The third-order valence-corrected chi connectivity index (χ3v) is 2.93. The Bertz CT molecular complexity index is 305. The Kier molecular flexibility index (Phi) is 3.38. The predicted molar refractivity (Wildman–Crippen MR) is 56.5 cm³/mol. The van der Waals surface area contributed by atoms with Crippen molar-refractivity contribution in [3.8, 4) is 0 Å². The van der Waals surface area contributed by atoms with Gasteiger partial charge in [-0.1, -0.05) is 12.1 Å². The third kappa shape index (κ3) is 2.38. The first-order valence-electron chi connectivity index (χ1n) is 5.61. The Labute approximate surface area is 89.8 Å². The summed E-state index contributed by atoms with van der Waals surface area (Å²) in [5, 5.41) is 4.07. The zero-order valence-electron chi connectivity index (χ0n) is 9.11. The van der Waals surface area contributed by atoms with Crippen molar-refractivity contribution in [1.82, 2.24) is 5.16 Å². The number of ether oxygens (including phenoxy) is 1. The molecule has 1 fully saturated rings. The molecule has 0 bridgehead atoms. The Hall–Kier alpha value is -0.870. The first-order valence-corrected chi connectivity index (χ1v) is 5.61. The lowest BCUT2D eigenvalue weighted by atomic mass is 9.98. The van der Waals surface area contributed by atoms with E-state index in [0.717, 1.165) is 43.9 Å². The van der Waals surface area contributed by atoms with Crippen LogP contribution in [0.2, 0.25) is 0 Å². The maximum atomic E-state index is 5.87. The molecule has 15 heavy (non-hydrogen) atoms. The fourth-order valence-corrected chi connectivity index (χ4v) is 1.85. The first kappa shape index (κ1) is 10.6. The van der Waals surface area contributed by atoms with Gasteiger partial charge in [0, 0.05) is 18.6 Å². The van der Waals surface area contributed by atoms with Crippen molar-refractivity contribution in [1.29, 1.82) is 0 Å². The minimum atomic E-state index is -0.0317. The minimum Gasteiger partial charge on any atom is -0.381 e. The second-order valence-corrected chi connectivity index (χ2v) is 4.08. The zero-order chi connectivity index (χ0) is 10.7. The monoisotopic (exact) mass is 210 g/mol. The number of nitrogens with two attached hydrogens (primary N) is 1. The lowest BCUT2D eigenvalue weighted by molar-refractivity contribution is 0.0783. The molecule has 84 valence electrons. The highest BCUT2D eigenvalue weighted by atomic mass is 16.5. The highest BCUT2D eigenvalue weighted by Gasteiger charge is 2.21. The van der Waals surface area contributed by atoms with Crippen LogP contribution in [0, 0.1) is 0 Å². The third-order valence-electron chi connectivity index (χ3n) is 2.93. The van der Waals surface area contributed by atoms with E-state index >= 15 is 0 Å². The lowest BCUT2D eigenvalue weighted by Gasteiger charge is -2.19.